The van der Waals surface area contributed by atoms with Crippen molar-refractivity contribution in [3.05, 3.63) is 0 Å². The Morgan fingerprint density at radius 3 is 1.86 bits per heavy atom. The molecule has 0 amide bonds. The van der Waals surface area contributed by atoms with Crippen molar-refractivity contribution in [2.24, 2.45) is 0 Å². The first-order valence-electron chi connectivity index (χ1n) is 6.29. The van der Waals surface area contributed by atoms with E-state index in [0.29, 0.717) is 0 Å². The molecule has 0 aromatic carbocycles. The summed E-state index contributed by atoms with van der Waals surface area (Å²) in [6.07, 6.45) is 5.67. The third-order valence-corrected chi connectivity index (χ3v) is 3.35. The fourth-order valence-corrected chi connectivity index (χ4v) is 2.47. The van der Waals surface area contributed by atoms with E-state index in [1.807, 2.05) is 13.8 Å². The summed E-state index contributed by atoms with van der Waals surface area (Å²) in [4.78, 5) is 5.15. The minimum absolute atomic E-state index is 0.920. The summed E-state index contributed by atoms with van der Waals surface area (Å²) in [6.45, 7) is 9.35. The van der Waals surface area contributed by atoms with Gasteiger partial charge in [-0.1, -0.05) is 13.8 Å². The topological polar surface area (TPSA) is 6.48 Å². The molecule has 0 aliphatic carbocycles. The zero-order valence-corrected chi connectivity index (χ0v) is 10.1. The second-order valence-corrected chi connectivity index (χ2v) is 4.28. The molecule has 2 fully saturated rings. The van der Waals surface area contributed by atoms with Gasteiger partial charge < -0.3 is 9.80 Å². The van der Waals surface area contributed by atoms with Crippen molar-refractivity contribution in [2.75, 3.05) is 33.2 Å². The zero-order valence-electron chi connectivity index (χ0n) is 10.1. The van der Waals surface area contributed by atoms with Crippen LogP contribution in [-0.4, -0.2) is 49.1 Å². The first-order valence-corrected chi connectivity index (χ1v) is 6.29. The van der Waals surface area contributed by atoms with Crippen LogP contribution in [0.25, 0.3) is 0 Å². The number of piperidine rings is 1. The Kier molecular flexibility index (Phi) is 5.49. The number of hydrogen-bond donors (Lipinski definition) is 0. The Morgan fingerprint density at radius 2 is 1.36 bits per heavy atom. The molecule has 2 aliphatic rings. The summed E-state index contributed by atoms with van der Waals surface area (Å²) in [5.74, 6) is 0. The van der Waals surface area contributed by atoms with Gasteiger partial charge in [-0.05, 0) is 58.9 Å². The summed E-state index contributed by atoms with van der Waals surface area (Å²) in [5.41, 5.74) is 0. The van der Waals surface area contributed by atoms with E-state index in [0.717, 1.165) is 6.04 Å². The smallest absolute Gasteiger partial charge is 0.0120 e. The van der Waals surface area contributed by atoms with Gasteiger partial charge in [0.15, 0.2) is 0 Å². The van der Waals surface area contributed by atoms with Gasteiger partial charge in [0.2, 0.25) is 0 Å². The van der Waals surface area contributed by atoms with Crippen molar-refractivity contribution < 1.29 is 0 Å². The van der Waals surface area contributed by atoms with E-state index in [4.69, 9.17) is 0 Å². The lowest BCUT2D eigenvalue weighted by Gasteiger charge is -2.34. The largest absolute Gasteiger partial charge is 0.306 e. The van der Waals surface area contributed by atoms with E-state index >= 15 is 0 Å². The minimum Gasteiger partial charge on any atom is -0.306 e. The molecule has 0 saturated carbocycles. The van der Waals surface area contributed by atoms with E-state index in [2.05, 4.69) is 16.8 Å². The molecule has 0 unspecified atom stereocenters. The summed E-state index contributed by atoms with van der Waals surface area (Å²) in [5, 5.41) is 0. The van der Waals surface area contributed by atoms with Gasteiger partial charge in [-0.3, -0.25) is 0 Å². The molecular weight excluding hydrogens is 172 g/mol. The van der Waals surface area contributed by atoms with Crippen molar-refractivity contribution in [3.8, 4) is 0 Å². The molecule has 14 heavy (non-hydrogen) atoms. The van der Waals surface area contributed by atoms with Crippen LogP contribution in [0.5, 0.6) is 0 Å². The van der Waals surface area contributed by atoms with Gasteiger partial charge in [0.25, 0.3) is 0 Å². The Morgan fingerprint density at radius 1 is 0.857 bits per heavy atom. The van der Waals surface area contributed by atoms with Crippen molar-refractivity contribution in [3.63, 3.8) is 0 Å². The van der Waals surface area contributed by atoms with E-state index < -0.39 is 0 Å². The molecule has 84 valence electrons. The van der Waals surface area contributed by atoms with E-state index in [9.17, 15) is 0 Å². The Balaban J connectivity index is 0.000000461. The van der Waals surface area contributed by atoms with Crippen LogP contribution in [0, 0.1) is 0 Å². The standard InChI is InChI=1S/C10H20N2.C2H6/c1-11-8-4-10(5-9-11)12-6-2-3-7-12;1-2/h10H,2-9H2,1H3;1-2H3. The highest BCUT2D eigenvalue weighted by Crippen LogP contribution is 2.19. The summed E-state index contributed by atoms with van der Waals surface area (Å²) in [7, 11) is 2.24. The fourth-order valence-electron chi connectivity index (χ4n) is 2.47. The molecule has 0 aromatic heterocycles. The van der Waals surface area contributed by atoms with Crippen LogP contribution >= 0.6 is 0 Å². The molecule has 0 atom stereocenters. The molecule has 0 spiro atoms. The van der Waals surface area contributed by atoms with Gasteiger partial charge in [0.05, 0.1) is 0 Å². The average molecular weight is 198 g/mol. The Labute approximate surface area is 89.3 Å². The van der Waals surface area contributed by atoms with Crippen molar-refractivity contribution >= 4 is 0 Å². The molecular formula is C12H26N2. The lowest BCUT2D eigenvalue weighted by Crippen LogP contribution is -2.42. The Bertz CT molecular complexity index is 133. The van der Waals surface area contributed by atoms with Gasteiger partial charge >= 0.3 is 0 Å². The van der Waals surface area contributed by atoms with E-state index in [1.165, 1.54) is 51.9 Å². The van der Waals surface area contributed by atoms with Crippen molar-refractivity contribution in [2.45, 2.75) is 45.6 Å². The normalized spacial score (nSPS) is 25.9. The number of rotatable bonds is 1. The first-order chi connectivity index (χ1) is 6.86. The summed E-state index contributed by atoms with van der Waals surface area (Å²) < 4.78 is 0. The molecule has 2 aliphatic heterocycles. The van der Waals surface area contributed by atoms with Crippen LogP contribution in [0.1, 0.15) is 39.5 Å². The highest BCUT2D eigenvalue weighted by molar-refractivity contribution is 4.81. The van der Waals surface area contributed by atoms with Crippen molar-refractivity contribution in [1.29, 1.82) is 0 Å². The quantitative estimate of drug-likeness (QED) is 0.637. The fraction of sp³-hybridized carbons (Fsp3) is 1.00. The van der Waals surface area contributed by atoms with Crippen LogP contribution in [0.2, 0.25) is 0 Å². The number of hydrogen-bond acceptors (Lipinski definition) is 2. The SMILES string of the molecule is CC.CN1CCC(N2CCCC2)CC1. The number of nitrogens with zero attached hydrogens (tertiary/aromatic N) is 2. The second kappa shape index (κ2) is 6.41. The lowest BCUT2D eigenvalue weighted by atomic mass is 10.0. The minimum atomic E-state index is 0.920. The molecule has 2 heterocycles. The second-order valence-electron chi connectivity index (χ2n) is 4.28. The van der Waals surface area contributed by atoms with Crippen LogP contribution in [0.4, 0.5) is 0 Å². The van der Waals surface area contributed by atoms with Crippen LogP contribution in [0.3, 0.4) is 0 Å². The first kappa shape index (κ1) is 12.0. The maximum absolute atomic E-state index is 2.70. The van der Waals surface area contributed by atoms with E-state index in [-0.39, 0.29) is 0 Å². The number of likely N-dealkylation sites (tertiary alicyclic amines) is 2. The maximum Gasteiger partial charge on any atom is 0.0120 e. The predicted molar refractivity (Wildman–Crippen MR) is 62.7 cm³/mol. The van der Waals surface area contributed by atoms with Gasteiger partial charge in [-0.25, -0.2) is 0 Å². The molecule has 0 radical (unpaired) electrons. The van der Waals surface area contributed by atoms with Crippen LogP contribution < -0.4 is 0 Å². The lowest BCUT2D eigenvalue weighted by molar-refractivity contribution is 0.143. The highest BCUT2D eigenvalue weighted by Gasteiger charge is 2.24. The summed E-state index contributed by atoms with van der Waals surface area (Å²) in [6, 6.07) is 0.920. The van der Waals surface area contributed by atoms with E-state index in [1.54, 1.807) is 0 Å². The van der Waals surface area contributed by atoms with Gasteiger partial charge in [0, 0.05) is 6.04 Å². The zero-order chi connectivity index (χ0) is 10.4. The maximum atomic E-state index is 2.70. The highest BCUT2D eigenvalue weighted by atomic mass is 15.2. The average Bonchev–Trinajstić information content (AvgIpc) is 2.75. The van der Waals surface area contributed by atoms with Crippen LogP contribution in [0.15, 0.2) is 0 Å². The van der Waals surface area contributed by atoms with Crippen molar-refractivity contribution in [1.82, 2.24) is 9.80 Å². The molecule has 2 rings (SSSR count). The molecule has 0 bridgehead atoms. The molecule has 0 N–H and O–H groups in total. The van der Waals surface area contributed by atoms with Crippen LogP contribution in [-0.2, 0) is 0 Å². The molecule has 2 saturated heterocycles. The van der Waals surface area contributed by atoms with Gasteiger partial charge in [-0.2, -0.15) is 0 Å². The third-order valence-electron chi connectivity index (χ3n) is 3.35. The molecule has 2 nitrogen and oxygen atoms in total. The third kappa shape index (κ3) is 3.25. The van der Waals surface area contributed by atoms with Gasteiger partial charge in [0.1, 0.15) is 0 Å². The summed E-state index contributed by atoms with van der Waals surface area (Å²) >= 11 is 0. The molecule has 2 heteroatoms. The predicted octanol–water partition coefficient (Wildman–Crippen LogP) is 2.20. The molecule has 0 aromatic rings. The Hall–Kier alpha value is -0.0800. The van der Waals surface area contributed by atoms with Gasteiger partial charge in [-0.15, -0.1) is 0 Å². The monoisotopic (exact) mass is 198 g/mol.